The molecule has 5 rings (SSSR count). The number of nitriles is 1. The summed E-state index contributed by atoms with van der Waals surface area (Å²) in [5, 5.41) is 31.5. The highest BCUT2D eigenvalue weighted by molar-refractivity contribution is 6.25. The maximum absolute atomic E-state index is 12.6. The van der Waals surface area contributed by atoms with Crippen molar-refractivity contribution in [3.8, 4) is 23.3 Å². The highest BCUT2D eigenvalue weighted by Gasteiger charge is 2.38. The smallest absolute Gasteiger partial charge is 0.196 e. The average Bonchev–Trinajstić information content (AvgIpc) is 2.97. The van der Waals surface area contributed by atoms with E-state index in [2.05, 4.69) is 6.07 Å². The molecule has 2 aliphatic carbocycles. The number of phenolic OH excluding ortho intramolecular Hbond substituents is 2. The van der Waals surface area contributed by atoms with Crippen molar-refractivity contribution in [1.82, 2.24) is 0 Å². The van der Waals surface area contributed by atoms with Crippen LogP contribution in [0.1, 0.15) is 39.6 Å². The number of allylic oxidation sites excluding steroid dienone is 4. The summed E-state index contributed by atoms with van der Waals surface area (Å²) in [7, 11) is 0. The minimum Gasteiger partial charge on any atom is -0.505 e. The number of hydrogen-bond acceptors (Lipinski definition) is 7. The first kappa shape index (κ1) is 19.6. The number of hydrogen-bond donors (Lipinski definition) is 2. The van der Waals surface area contributed by atoms with Gasteiger partial charge in [-0.25, -0.2) is 0 Å². The number of phenols is 2. The van der Waals surface area contributed by atoms with Crippen LogP contribution in [0.4, 0.5) is 11.4 Å². The van der Waals surface area contributed by atoms with Crippen molar-refractivity contribution in [2.75, 3.05) is 11.4 Å². The van der Waals surface area contributed by atoms with E-state index >= 15 is 0 Å². The van der Waals surface area contributed by atoms with E-state index in [0.717, 1.165) is 24.1 Å². The van der Waals surface area contributed by atoms with Gasteiger partial charge in [0.2, 0.25) is 0 Å². The molecule has 0 fully saturated rings. The van der Waals surface area contributed by atoms with Crippen LogP contribution in [-0.2, 0) is 0 Å². The number of fused-ring (bicyclic) bond motifs is 2. The molecule has 0 saturated heterocycles. The first-order chi connectivity index (χ1) is 15.4. The maximum atomic E-state index is 12.6. The van der Waals surface area contributed by atoms with Gasteiger partial charge in [0.1, 0.15) is 11.4 Å². The molecule has 32 heavy (non-hydrogen) atoms. The number of carbonyl (C=O) groups is 2. The molecule has 0 radical (unpaired) electrons. The molecule has 1 unspecified atom stereocenters. The molecule has 0 spiro atoms. The summed E-state index contributed by atoms with van der Waals surface area (Å²) in [5.74, 6) is -1.51. The Morgan fingerprint density at radius 3 is 2.34 bits per heavy atom. The number of ketones is 2. The monoisotopic (exact) mass is 426 g/mol. The topological polar surface area (TPSA) is 111 Å². The summed E-state index contributed by atoms with van der Waals surface area (Å²) in [6.45, 7) is 2.28. The van der Waals surface area contributed by atoms with Gasteiger partial charge in [0.25, 0.3) is 0 Å². The number of anilines is 2. The number of carbonyl (C=O) groups excluding carboxylic acids is 2. The van der Waals surface area contributed by atoms with Gasteiger partial charge in [-0.15, -0.1) is 0 Å². The third-order valence-electron chi connectivity index (χ3n) is 5.95. The predicted molar refractivity (Wildman–Crippen MR) is 116 cm³/mol. The van der Waals surface area contributed by atoms with E-state index in [9.17, 15) is 19.8 Å². The van der Waals surface area contributed by atoms with Crippen molar-refractivity contribution >= 4 is 22.9 Å². The first-order valence-corrected chi connectivity index (χ1v) is 10.1. The van der Waals surface area contributed by atoms with E-state index in [1.54, 1.807) is 29.2 Å². The lowest BCUT2D eigenvalue weighted by Gasteiger charge is -2.28. The van der Waals surface area contributed by atoms with Crippen molar-refractivity contribution in [2.45, 2.75) is 13.3 Å². The lowest BCUT2D eigenvalue weighted by molar-refractivity contribution is 0.0988. The molecule has 0 amide bonds. The molecule has 1 aliphatic heterocycles. The van der Waals surface area contributed by atoms with Crippen LogP contribution in [-0.4, -0.2) is 28.3 Å². The van der Waals surface area contributed by atoms with Crippen LogP contribution in [0, 0.1) is 17.2 Å². The molecular weight excluding hydrogens is 408 g/mol. The Morgan fingerprint density at radius 1 is 1.03 bits per heavy atom. The van der Waals surface area contributed by atoms with E-state index in [0.29, 0.717) is 23.6 Å². The fourth-order valence-corrected chi connectivity index (χ4v) is 4.35. The lowest BCUT2D eigenvalue weighted by atomic mass is 9.91. The zero-order valence-corrected chi connectivity index (χ0v) is 17.1. The Kier molecular flexibility index (Phi) is 4.38. The minimum atomic E-state index is -0.584. The Labute approximate surface area is 183 Å². The summed E-state index contributed by atoms with van der Waals surface area (Å²) >= 11 is 0. The molecule has 158 valence electrons. The largest absolute Gasteiger partial charge is 0.505 e. The van der Waals surface area contributed by atoms with Crippen LogP contribution in [0.2, 0.25) is 0 Å². The van der Waals surface area contributed by atoms with Gasteiger partial charge < -0.3 is 19.8 Å². The molecule has 2 aromatic rings. The molecule has 1 atom stereocenters. The molecule has 0 bridgehead atoms. The predicted octanol–water partition coefficient (Wildman–Crippen LogP) is 4.29. The molecule has 0 aromatic heterocycles. The standard InChI is InChI=1S/C25H18N2O5/c1-13-3-2-4-15-12-27(16-7-5-14(11-26)6-8-16)21-22(30)19-17(28)9-10-18(29)20(19)23(31)25(21)32-24(13)15/h2,4-10,13,30-31H,3,12H2,1H3. The summed E-state index contributed by atoms with van der Waals surface area (Å²) < 4.78 is 6.17. The average molecular weight is 426 g/mol. The van der Waals surface area contributed by atoms with E-state index in [-0.39, 0.29) is 28.5 Å². The second kappa shape index (κ2) is 7.13. The summed E-state index contributed by atoms with van der Waals surface area (Å²) in [6.07, 6.45) is 6.85. The highest BCUT2D eigenvalue weighted by Crippen LogP contribution is 2.54. The highest BCUT2D eigenvalue weighted by atomic mass is 16.5. The van der Waals surface area contributed by atoms with Gasteiger partial charge in [0.15, 0.2) is 28.8 Å². The Morgan fingerprint density at radius 2 is 1.69 bits per heavy atom. The Balaban J connectivity index is 1.82. The second-order valence-electron chi connectivity index (χ2n) is 7.96. The van der Waals surface area contributed by atoms with E-state index in [1.807, 2.05) is 19.1 Å². The summed E-state index contributed by atoms with van der Waals surface area (Å²) in [4.78, 5) is 26.8. The van der Waals surface area contributed by atoms with Gasteiger partial charge in [-0.3, -0.25) is 9.59 Å². The Hall–Kier alpha value is -4.31. The Bertz CT molecular complexity index is 1330. The molecule has 1 heterocycles. The number of benzene rings is 2. The quantitative estimate of drug-likeness (QED) is 0.655. The number of ether oxygens (including phenoxy) is 1. The van der Waals surface area contributed by atoms with Crippen LogP contribution < -0.4 is 9.64 Å². The number of aromatic hydroxyl groups is 2. The van der Waals surface area contributed by atoms with Crippen molar-refractivity contribution in [3.63, 3.8) is 0 Å². The molecule has 3 aliphatic rings. The zero-order chi connectivity index (χ0) is 22.6. The van der Waals surface area contributed by atoms with Crippen LogP contribution in [0.15, 0.2) is 59.9 Å². The summed E-state index contributed by atoms with van der Waals surface area (Å²) in [5.41, 5.74) is 1.51. The van der Waals surface area contributed by atoms with Gasteiger partial charge in [0, 0.05) is 17.2 Å². The fraction of sp³-hybridized carbons (Fsp3) is 0.160. The van der Waals surface area contributed by atoms with Crippen LogP contribution in [0.3, 0.4) is 0 Å². The number of rotatable bonds is 1. The van der Waals surface area contributed by atoms with Crippen LogP contribution >= 0.6 is 0 Å². The normalized spacial score (nSPS) is 19.0. The zero-order valence-electron chi connectivity index (χ0n) is 17.1. The SMILES string of the molecule is CC1CC=CC2=C1Oc1c(O)c3c(c(O)c1N(c1ccc(C#N)cc1)C2)C(=O)C=CC3=O. The van der Waals surface area contributed by atoms with Gasteiger partial charge in [-0.05, 0) is 42.8 Å². The van der Waals surface area contributed by atoms with Crippen molar-refractivity contribution in [1.29, 1.82) is 5.26 Å². The molecule has 7 heteroatoms. The van der Waals surface area contributed by atoms with E-state index in [4.69, 9.17) is 10.00 Å². The van der Waals surface area contributed by atoms with Crippen molar-refractivity contribution in [3.05, 3.63) is 76.6 Å². The number of nitrogens with zero attached hydrogens (tertiary/aromatic N) is 2. The molecule has 2 N–H and O–H groups in total. The maximum Gasteiger partial charge on any atom is 0.196 e. The van der Waals surface area contributed by atoms with Gasteiger partial charge in [-0.1, -0.05) is 19.1 Å². The third-order valence-corrected chi connectivity index (χ3v) is 5.95. The third kappa shape index (κ3) is 2.81. The van der Waals surface area contributed by atoms with Gasteiger partial charge in [-0.2, -0.15) is 5.26 Å². The van der Waals surface area contributed by atoms with Gasteiger partial charge >= 0.3 is 0 Å². The molecule has 2 aromatic carbocycles. The van der Waals surface area contributed by atoms with Crippen LogP contribution in [0.5, 0.6) is 17.2 Å². The van der Waals surface area contributed by atoms with E-state index < -0.39 is 23.1 Å². The minimum absolute atomic E-state index is 0.0126. The molecule has 7 nitrogen and oxygen atoms in total. The first-order valence-electron chi connectivity index (χ1n) is 10.1. The fourth-order valence-electron chi connectivity index (χ4n) is 4.35. The van der Waals surface area contributed by atoms with Crippen molar-refractivity contribution in [2.24, 2.45) is 5.92 Å². The van der Waals surface area contributed by atoms with Crippen molar-refractivity contribution < 1.29 is 24.5 Å². The second-order valence-corrected chi connectivity index (χ2v) is 7.96. The summed E-state index contributed by atoms with van der Waals surface area (Å²) in [6, 6.07) is 8.78. The van der Waals surface area contributed by atoms with Gasteiger partial charge in [0.05, 0.1) is 29.3 Å². The van der Waals surface area contributed by atoms with E-state index in [1.165, 1.54) is 0 Å². The lowest BCUT2D eigenvalue weighted by Crippen LogP contribution is -2.22. The van der Waals surface area contributed by atoms with Crippen LogP contribution in [0.25, 0.3) is 0 Å². The molecular formula is C25H18N2O5. The molecule has 0 saturated carbocycles.